The zero-order valence-corrected chi connectivity index (χ0v) is 17.0. The summed E-state index contributed by atoms with van der Waals surface area (Å²) in [4.78, 5) is 14.7. The Morgan fingerprint density at radius 2 is 1.79 bits per heavy atom. The molecule has 5 nitrogen and oxygen atoms in total. The number of halogens is 1. The van der Waals surface area contributed by atoms with Gasteiger partial charge < -0.3 is 15.4 Å². The van der Waals surface area contributed by atoms with Crippen LogP contribution in [0.25, 0.3) is 0 Å². The first-order valence-electron chi connectivity index (χ1n) is 9.75. The minimum Gasteiger partial charge on any atom is -0.379 e. The third-order valence-electron chi connectivity index (χ3n) is 5.03. The summed E-state index contributed by atoms with van der Waals surface area (Å²) in [6, 6.07) is 16.0. The van der Waals surface area contributed by atoms with E-state index < -0.39 is 0 Å². The van der Waals surface area contributed by atoms with Crippen LogP contribution >= 0.6 is 11.6 Å². The molecule has 3 rings (SSSR count). The molecule has 1 aliphatic heterocycles. The van der Waals surface area contributed by atoms with Crippen LogP contribution in [0.5, 0.6) is 0 Å². The smallest absolute Gasteiger partial charge is 0.234 e. The number of carbonyl (C=O) groups excluding carboxylic acids is 1. The predicted octanol–water partition coefficient (Wildman–Crippen LogP) is 3.14. The summed E-state index contributed by atoms with van der Waals surface area (Å²) >= 11 is 6.22. The van der Waals surface area contributed by atoms with Crippen molar-refractivity contribution in [2.75, 3.05) is 32.8 Å². The van der Waals surface area contributed by atoms with Crippen molar-refractivity contribution in [2.24, 2.45) is 0 Å². The molecule has 0 unspecified atom stereocenters. The van der Waals surface area contributed by atoms with Gasteiger partial charge in [-0.25, -0.2) is 0 Å². The van der Waals surface area contributed by atoms with E-state index in [0.717, 1.165) is 44.0 Å². The van der Waals surface area contributed by atoms with Gasteiger partial charge in [-0.3, -0.25) is 9.69 Å². The van der Waals surface area contributed by atoms with Gasteiger partial charge in [-0.15, -0.1) is 0 Å². The fourth-order valence-corrected chi connectivity index (χ4v) is 3.62. The van der Waals surface area contributed by atoms with Gasteiger partial charge in [0.25, 0.3) is 0 Å². The fourth-order valence-electron chi connectivity index (χ4n) is 3.32. The number of rotatable bonds is 8. The summed E-state index contributed by atoms with van der Waals surface area (Å²) < 4.78 is 5.42. The highest BCUT2D eigenvalue weighted by Gasteiger charge is 2.14. The zero-order valence-electron chi connectivity index (χ0n) is 16.3. The maximum atomic E-state index is 12.3. The Labute approximate surface area is 172 Å². The average molecular weight is 402 g/mol. The number of amides is 1. The van der Waals surface area contributed by atoms with E-state index in [9.17, 15) is 4.79 Å². The van der Waals surface area contributed by atoms with Gasteiger partial charge in [-0.2, -0.15) is 0 Å². The Kier molecular flexibility index (Phi) is 7.86. The van der Waals surface area contributed by atoms with E-state index in [2.05, 4.69) is 27.7 Å². The van der Waals surface area contributed by atoms with Gasteiger partial charge >= 0.3 is 0 Å². The molecule has 28 heavy (non-hydrogen) atoms. The topological polar surface area (TPSA) is 53.6 Å². The van der Waals surface area contributed by atoms with Crippen LogP contribution in [0.4, 0.5) is 0 Å². The Morgan fingerprint density at radius 3 is 2.54 bits per heavy atom. The molecule has 1 aliphatic rings. The molecular formula is C22H28ClN3O2. The second kappa shape index (κ2) is 10.6. The van der Waals surface area contributed by atoms with E-state index in [1.54, 1.807) is 0 Å². The lowest BCUT2D eigenvalue weighted by atomic mass is 10.1. The molecule has 0 bridgehead atoms. The van der Waals surface area contributed by atoms with E-state index >= 15 is 0 Å². The molecule has 0 saturated carbocycles. The Hall–Kier alpha value is -1.92. The van der Waals surface area contributed by atoms with Crippen molar-refractivity contribution in [1.82, 2.24) is 15.5 Å². The Morgan fingerprint density at radius 1 is 1.11 bits per heavy atom. The van der Waals surface area contributed by atoms with Gasteiger partial charge in [0.15, 0.2) is 0 Å². The number of carbonyl (C=O) groups is 1. The minimum absolute atomic E-state index is 0.00746. The molecule has 1 amide bonds. The van der Waals surface area contributed by atoms with Gasteiger partial charge in [0.2, 0.25) is 5.91 Å². The molecule has 2 aromatic rings. The summed E-state index contributed by atoms with van der Waals surface area (Å²) in [6.07, 6.45) is 0. The van der Waals surface area contributed by atoms with Crippen LogP contribution in [0.1, 0.15) is 29.7 Å². The number of morpholine rings is 1. The third-order valence-corrected chi connectivity index (χ3v) is 5.38. The summed E-state index contributed by atoms with van der Waals surface area (Å²) in [7, 11) is 0. The molecule has 150 valence electrons. The normalized spacial score (nSPS) is 15.9. The van der Waals surface area contributed by atoms with Gasteiger partial charge in [0.1, 0.15) is 0 Å². The van der Waals surface area contributed by atoms with E-state index in [-0.39, 0.29) is 18.5 Å². The van der Waals surface area contributed by atoms with Crippen molar-refractivity contribution in [3.8, 4) is 0 Å². The Balaban J connectivity index is 1.48. The molecule has 0 aliphatic carbocycles. The molecule has 1 saturated heterocycles. The van der Waals surface area contributed by atoms with E-state index in [4.69, 9.17) is 16.3 Å². The van der Waals surface area contributed by atoms with E-state index in [1.807, 2.05) is 43.3 Å². The second-order valence-corrected chi connectivity index (χ2v) is 7.47. The molecule has 1 atom stereocenters. The SMILES string of the molecule is C[C@@H](NCC(=O)NCc1ccccc1CN1CCOCC1)c1ccccc1Cl. The lowest BCUT2D eigenvalue weighted by Crippen LogP contribution is -2.37. The third kappa shape index (κ3) is 6.04. The highest BCUT2D eigenvalue weighted by atomic mass is 35.5. The maximum absolute atomic E-state index is 12.3. The first-order chi connectivity index (χ1) is 13.6. The van der Waals surface area contributed by atoms with Crippen LogP contribution in [-0.4, -0.2) is 43.7 Å². The molecule has 2 aromatic carbocycles. The van der Waals surface area contributed by atoms with Crippen LogP contribution < -0.4 is 10.6 Å². The first-order valence-corrected chi connectivity index (χ1v) is 10.1. The zero-order chi connectivity index (χ0) is 19.8. The van der Waals surface area contributed by atoms with Crippen LogP contribution in [0.2, 0.25) is 5.02 Å². The van der Waals surface area contributed by atoms with Gasteiger partial charge in [-0.1, -0.05) is 54.1 Å². The lowest BCUT2D eigenvalue weighted by Gasteiger charge is -2.27. The molecule has 0 aromatic heterocycles. The van der Waals surface area contributed by atoms with Crippen molar-refractivity contribution in [3.63, 3.8) is 0 Å². The predicted molar refractivity (Wildman–Crippen MR) is 112 cm³/mol. The summed E-state index contributed by atoms with van der Waals surface area (Å²) in [5.41, 5.74) is 3.40. The molecule has 2 N–H and O–H groups in total. The van der Waals surface area contributed by atoms with Crippen molar-refractivity contribution in [1.29, 1.82) is 0 Å². The van der Waals surface area contributed by atoms with Crippen molar-refractivity contribution >= 4 is 17.5 Å². The van der Waals surface area contributed by atoms with Crippen LogP contribution in [0.15, 0.2) is 48.5 Å². The quantitative estimate of drug-likeness (QED) is 0.713. The summed E-state index contributed by atoms with van der Waals surface area (Å²) in [5.74, 6) is -0.0277. The molecule has 0 radical (unpaired) electrons. The van der Waals surface area contributed by atoms with Gasteiger partial charge in [0.05, 0.1) is 19.8 Å². The number of ether oxygens (including phenoxy) is 1. The number of hydrogen-bond donors (Lipinski definition) is 2. The fraction of sp³-hybridized carbons (Fsp3) is 0.409. The molecular weight excluding hydrogens is 374 g/mol. The highest BCUT2D eigenvalue weighted by molar-refractivity contribution is 6.31. The Bertz CT molecular complexity index is 778. The van der Waals surface area contributed by atoms with Gasteiger partial charge in [-0.05, 0) is 29.7 Å². The standard InChI is InChI=1S/C22H28ClN3O2/c1-17(20-8-4-5-9-21(20)23)24-15-22(27)25-14-18-6-2-3-7-19(18)16-26-10-12-28-13-11-26/h2-9,17,24H,10-16H2,1H3,(H,25,27)/t17-/m1/s1. The van der Waals surface area contributed by atoms with Crippen molar-refractivity contribution in [3.05, 3.63) is 70.2 Å². The molecule has 1 heterocycles. The van der Waals surface area contributed by atoms with Crippen LogP contribution in [0.3, 0.4) is 0 Å². The van der Waals surface area contributed by atoms with Crippen LogP contribution in [-0.2, 0) is 22.6 Å². The maximum Gasteiger partial charge on any atom is 0.234 e. The van der Waals surface area contributed by atoms with E-state index in [1.165, 1.54) is 5.56 Å². The first kappa shape index (κ1) is 20.8. The number of nitrogens with zero attached hydrogens (tertiary/aromatic N) is 1. The summed E-state index contributed by atoms with van der Waals surface area (Å²) in [5, 5.41) is 6.97. The van der Waals surface area contributed by atoms with E-state index in [0.29, 0.717) is 11.6 Å². The largest absolute Gasteiger partial charge is 0.379 e. The highest BCUT2D eigenvalue weighted by Crippen LogP contribution is 2.21. The van der Waals surface area contributed by atoms with Crippen molar-refractivity contribution in [2.45, 2.75) is 26.1 Å². The minimum atomic E-state index is -0.0277. The number of benzene rings is 2. The molecule has 6 heteroatoms. The summed E-state index contributed by atoms with van der Waals surface area (Å²) in [6.45, 7) is 7.14. The van der Waals surface area contributed by atoms with Gasteiger partial charge in [0, 0.05) is 37.2 Å². The lowest BCUT2D eigenvalue weighted by molar-refractivity contribution is -0.120. The molecule has 1 fully saturated rings. The number of nitrogens with one attached hydrogen (secondary N) is 2. The van der Waals surface area contributed by atoms with Crippen LogP contribution in [0, 0.1) is 0 Å². The number of hydrogen-bond acceptors (Lipinski definition) is 4. The second-order valence-electron chi connectivity index (χ2n) is 7.06. The monoisotopic (exact) mass is 401 g/mol. The average Bonchev–Trinajstić information content (AvgIpc) is 2.72. The molecule has 0 spiro atoms. The van der Waals surface area contributed by atoms with Crippen molar-refractivity contribution < 1.29 is 9.53 Å².